The third-order valence-corrected chi connectivity index (χ3v) is 2.46. The van der Waals surface area contributed by atoms with E-state index in [1.807, 2.05) is 24.3 Å². The summed E-state index contributed by atoms with van der Waals surface area (Å²) >= 11 is 0. The number of hydrogen-bond donors (Lipinski definition) is 0. The van der Waals surface area contributed by atoms with E-state index in [9.17, 15) is 4.79 Å². The van der Waals surface area contributed by atoms with Crippen LogP contribution in [0.15, 0.2) is 42.5 Å². The molecule has 0 saturated carbocycles. The zero-order chi connectivity index (χ0) is 12.3. The molecule has 0 aliphatic rings. The first-order valence-electron chi connectivity index (χ1n) is 6.21. The molecule has 0 spiro atoms. The van der Waals surface area contributed by atoms with Gasteiger partial charge >= 0.3 is 5.97 Å². The van der Waals surface area contributed by atoms with E-state index >= 15 is 0 Å². The smallest absolute Gasteiger partial charge is 0.338 e. The van der Waals surface area contributed by atoms with Gasteiger partial charge in [-0.25, -0.2) is 4.79 Å². The van der Waals surface area contributed by atoms with Crippen LogP contribution in [0.3, 0.4) is 0 Å². The summed E-state index contributed by atoms with van der Waals surface area (Å²) in [5, 5.41) is 0. The van der Waals surface area contributed by atoms with Gasteiger partial charge in [-0.05, 0) is 25.0 Å². The van der Waals surface area contributed by atoms with Gasteiger partial charge in [0.05, 0.1) is 5.56 Å². The fourth-order valence-corrected chi connectivity index (χ4v) is 1.48. The van der Waals surface area contributed by atoms with Crippen LogP contribution in [0.25, 0.3) is 0 Å². The van der Waals surface area contributed by atoms with E-state index < -0.39 is 0 Å². The van der Waals surface area contributed by atoms with E-state index in [0.29, 0.717) is 12.2 Å². The lowest BCUT2D eigenvalue weighted by atomic mass is 10.2. The highest BCUT2D eigenvalue weighted by molar-refractivity contribution is 5.89. The van der Waals surface area contributed by atoms with Crippen molar-refractivity contribution < 1.29 is 9.53 Å². The van der Waals surface area contributed by atoms with Crippen LogP contribution in [0.5, 0.6) is 0 Å². The number of rotatable bonds is 7. The molecule has 92 valence electrons. The molecule has 0 aliphatic carbocycles. The lowest BCUT2D eigenvalue weighted by Gasteiger charge is -2.00. The van der Waals surface area contributed by atoms with Crippen LogP contribution >= 0.6 is 0 Å². The summed E-state index contributed by atoms with van der Waals surface area (Å²) in [6.07, 6.45) is 8.76. The van der Waals surface area contributed by atoms with Gasteiger partial charge in [-0.15, -0.1) is 0 Å². The largest absolute Gasteiger partial charge is 0.458 e. The summed E-state index contributed by atoms with van der Waals surface area (Å²) in [6.45, 7) is 2.55. The van der Waals surface area contributed by atoms with Gasteiger partial charge in [-0.1, -0.05) is 50.1 Å². The van der Waals surface area contributed by atoms with Gasteiger partial charge in [-0.3, -0.25) is 0 Å². The standard InChI is InChI=1S/C15H20O2/c1-2-3-4-5-6-10-13-17-15(16)14-11-8-7-9-12-14/h6-12H,2-5,13H2,1H3/b10-6+. The van der Waals surface area contributed by atoms with Crippen molar-refractivity contribution in [1.29, 1.82) is 0 Å². The van der Waals surface area contributed by atoms with Gasteiger partial charge in [0.1, 0.15) is 6.61 Å². The number of benzene rings is 1. The molecule has 0 saturated heterocycles. The average Bonchev–Trinajstić information content (AvgIpc) is 2.38. The van der Waals surface area contributed by atoms with Crippen molar-refractivity contribution in [1.82, 2.24) is 0 Å². The highest BCUT2D eigenvalue weighted by Gasteiger charge is 2.03. The summed E-state index contributed by atoms with van der Waals surface area (Å²) < 4.78 is 5.11. The molecule has 0 bridgehead atoms. The molecule has 0 unspecified atom stereocenters. The van der Waals surface area contributed by atoms with E-state index in [-0.39, 0.29) is 5.97 Å². The van der Waals surface area contributed by atoms with Crippen LogP contribution in [-0.2, 0) is 4.74 Å². The Labute approximate surface area is 103 Å². The molecule has 2 nitrogen and oxygen atoms in total. The van der Waals surface area contributed by atoms with Crippen LogP contribution in [0, 0.1) is 0 Å². The van der Waals surface area contributed by atoms with Crippen LogP contribution in [0.1, 0.15) is 43.0 Å². The number of ether oxygens (including phenoxy) is 1. The summed E-state index contributed by atoms with van der Waals surface area (Å²) in [7, 11) is 0. The Balaban J connectivity index is 2.16. The monoisotopic (exact) mass is 232 g/mol. The van der Waals surface area contributed by atoms with Gasteiger partial charge in [0.2, 0.25) is 0 Å². The molecule has 0 aromatic heterocycles. The molecule has 1 rings (SSSR count). The first-order chi connectivity index (χ1) is 8.34. The predicted octanol–water partition coefficient (Wildman–Crippen LogP) is 3.98. The van der Waals surface area contributed by atoms with Crippen LogP contribution < -0.4 is 0 Å². The second kappa shape index (κ2) is 8.57. The number of esters is 1. The minimum absolute atomic E-state index is 0.260. The molecule has 0 heterocycles. The van der Waals surface area contributed by atoms with E-state index in [1.54, 1.807) is 12.1 Å². The number of unbranched alkanes of at least 4 members (excludes halogenated alkanes) is 3. The highest BCUT2D eigenvalue weighted by atomic mass is 16.5. The topological polar surface area (TPSA) is 26.3 Å². The van der Waals surface area contributed by atoms with E-state index in [2.05, 4.69) is 13.0 Å². The lowest BCUT2D eigenvalue weighted by Crippen LogP contribution is -2.04. The quantitative estimate of drug-likeness (QED) is 0.404. The van der Waals surface area contributed by atoms with Gasteiger partial charge in [0.25, 0.3) is 0 Å². The van der Waals surface area contributed by atoms with Crippen LogP contribution in [0.2, 0.25) is 0 Å². The highest BCUT2D eigenvalue weighted by Crippen LogP contribution is 2.02. The predicted molar refractivity (Wildman–Crippen MR) is 70.0 cm³/mol. The van der Waals surface area contributed by atoms with Crippen molar-refractivity contribution in [2.75, 3.05) is 6.61 Å². The zero-order valence-corrected chi connectivity index (χ0v) is 10.4. The summed E-state index contributed by atoms with van der Waals surface area (Å²) in [5.41, 5.74) is 0.604. The minimum atomic E-state index is -0.260. The van der Waals surface area contributed by atoms with Crippen LogP contribution in [-0.4, -0.2) is 12.6 Å². The molecule has 1 aromatic carbocycles. The van der Waals surface area contributed by atoms with Crippen LogP contribution in [0.4, 0.5) is 0 Å². The second-order valence-corrected chi connectivity index (χ2v) is 3.93. The molecule has 0 amide bonds. The van der Waals surface area contributed by atoms with Crippen molar-refractivity contribution in [2.24, 2.45) is 0 Å². The number of allylic oxidation sites excluding steroid dienone is 1. The van der Waals surface area contributed by atoms with Gasteiger partial charge in [0, 0.05) is 0 Å². The van der Waals surface area contributed by atoms with E-state index in [4.69, 9.17) is 4.74 Å². The first-order valence-corrected chi connectivity index (χ1v) is 6.21. The average molecular weight is 232 g/mol. The third kappa shape index (κ3) is 5.91. The van der Waals surface area contributed by atoms with E-state index in [0.717, 1.165) is 6.42 Å². The van der Waals surface area contributed by atoms with Crippen molar-refractivity contribution in [2.45, 2.75) is 32.6 Å². The normalized spacial score (nSPS) is 10.6. The number of carbonyl (C=O) groups is 1. The van der Waals surface area contributed by atoms with Gasteiger partial charge in [-0.2, -0.15) is 0 Å². The Kier molecular flexibility index (Phi) is 6.80. The Morgan fingerprint density at radius 1 is 1.18 bits per heavy atom. The summed E-state index contributed by atoms with van der Waals surface area (Å²) in [4.78, 5) is 11.5. The maximum absolute atomic E-state index is 11.5. The molecular formula is C15H20O2. The number of hydrogen-bond acceptors (Lipinski definition) is 2. The lowest BCUT2D eigenvalue weighted by molar-refractivity contribution is 0.0549. The SMILES string of the molecule is CCCCC/C=C/COC(=O)c1ccccc1. The Morgan fingerprint density at radius 3 is 2.65 bits per heavy atom. The minimum Gasteiger partial charge on any atom is -0.458 e. The number of carbonyl (C=O) groups excluding carboxylic acids is 1. The summed E-state index contributed by atoms with van der Waals surface area (Å²) in [5.74, 6) is -0.260. The van der Waals surface area contributed by atoms with E-state index in [1.165, 1.54) is 19.3 Å². The Hall–Kier alpha value is -1.57. The molecular weight excluding hydrogens is 212 g/mol. The molecule has 0 radical (unpaired) electrons. The maximum atomic E-state index is 11.5. The summed E-state index contributed by atoms with van der Waals surface area (Å²) in [6, 6.07) is 9.05. The molecule has 1 aromatic rings. The Bertz CT molecular complexity index is 341. The molecule has 0 aliphatic heterocycles. The molecule has 0 fully saturated rings. The molecule has 17 heavy (non-hydrogen) atoms. The molecule has 0 N–H and O–H groups in total. The molecule has 2 heteroatoms. The van der Waals surface area contributed by atoms with Gasteiger partial charge < -0.3 is 4.74 Å². The van der Waals surface area contributed by atoms with Crippen molar-refractivity contribution in [3.05, 3.63) is 48.0 Å². The second-order valence-electron chi connectivity index (χ2n) is 3.93. The zero-order valence-electron chi connectivity index (χ0n) is 10.4. The van der Waals surface area contributed by atoms with Crippen molar-refractivity contribution >= 4 is 5.97 Å². The van der Waals surface area contributed by atoms with Gasteiger partial charge in [0.15, 0.2) is 0 Å². The maximum Gasteiger partial charge on any atom is 0.338 e. The molecule has 0 atom stereocenters. The fraction of sp³-hybridized carbons (Fsp3) is 0.400. The third-order valence-electron chi connectivity index (χ3n) is 2.46. The van der Waals surface area contributed by atoms with Crippen molar-refractivity contribution in [3.8, 4) is 0 Å². The Morgan fingerprint density at radius 2 is 1.94 bits per heavy atom. The first kappa shape index (κ1) is 13.5. The van der Waals surface area contributed by atoms with Crippen molar-refractivity contribution in [3.63, 3.8) is 0 Å². The fourth-order valence-electron chi connectivity index (χ4n) is 1.48.